The van der Waals surface area contributed by atoms with E-state index in [4.69, 9.17) is 0 Å². The topological polar surface area (TPSA) is 28.2 Å². The fourth-order valence-corrected chi connectivity index (χ4v) is 2.03. The van der Waals surface area contributed by atoms with Crippen LogP contribution < -0.4 is 5.32 Å². The molecule has 0 unspecified atom stereocenters. The summed E-state index contributed by atoms with van der Waals surface area (Å²) >= 11 is 0. The summed E-state index contributed by atoms with van der Waals surface area (Å²) in [5, 5.41) is 4.71. The van der Waals surface area contributed by atoms with Crippen LogP contribution in [-0.2, 0) is 0 Å². The average Bonchev–Trinajstić information content (AvgIpc) is 2.29. The molecule has 112 valence electrons. The standard InChI is InChI=1S/C15H21N3.2ClH/c1-11-5-6-14-13(9-11)15(10-12(2)17-14)16-7-8-18(3)4;;/h5-6,9-10H,7-8H2,1-4H3,(H,16,17);2*1H. The molecule has 2 aromatic rings. The normalized spacial score (nSPS) is 10.1. The molecule has 5 heteroatoms. The summed E-state index contributed by atoms with van der Waals surface area (Å²) in [7, 11) is 4.17. The number of pyridine rings is 1. The maximum absolute atomic E-state index is 4.57. The molecule has 1 N–H and O–H groups in total. The molecule has 0 atom stereocenters. The van der Waals surface area contributed by atoms with Gasteiger partial charge in [-0.05, 0) is 46.1 Å². The molecule has 0 aliphatic rings. The number of fused-ring (bicyclic) bond motifs is 1. The van der Waals surface area contributed by atoms with Gasteiger partial charge in [0, 0.05) is 29.9 Å². The van der Waals surface area contributed by atoms with E-state index in [9.17, 15) is 0 Å². The van der Waals surface area contributed by atoms with Crippen molar-refractivity contribution in [2.45, 2.75) is 13.8 Å². The maximum Gasteiger partial charge on any atom is 0.0726 e. The lowest BCUT2D eigenvalue weighted by atomic mass is 10.1. The molecule has 20 heavy (non-hydrogen) atoms. The van der Waals surface area contributed by atoms with Crippen molar-refractivity contribution in [1.29, 1.82) is 0 Å². The van der Waals surface area contributed by atoms with E-state index in [2.05, 4.69) is 60.5 Å². The van der Waals surface area contributed by atoms with Crippen molar-refractivity contribution in [3.05, 3.63) is 35.5 Å². The van der Waals surface area contributed by atoms with Crippen LogP contribution in [0.5, 0.6) is 0 Å². The Morgan fingerprint density at radius 3 is 2.45 bits per heavy atom. The molecule has 0 aliphatic carbocycles. The first kappa shape index (κ1) is 19.0. The third kappa shape index (κ3) is 4.82. The minimum Gasteiger partial charge on any atom is -0.383 e. The average molecular weight is 316 g/mol. The van der Waals surface area contributed by atoms with Gasteiger partial charge in [-0.2, -0.15) is 0 Å². The van der Waals surface area contributed by atoms with Gasteiger partial charge in [-0.15, -0.1) is 24.8 Å². The minimum atomic E-state index is 0. The molecule has 0 saturated carbocycles. The number of aryl methyl sites for hydroxylation is 2. The second-order valence-electron chi connectivity index (χ2n) is 5.06. The molecule has 0 fully saturated rings. The van der Waals surface area contributed by atoms with Gasteiger partial charge < -0.3 is 10.2 Å². The fourth-order valence-electron chi connectivity index (χ4n) is 2.03. The molecular formula is C15H23Cl2N3. The molecule has 0 radical (unpaired) electrons. The van der Waals surface area contributed by atoms with Gasteiger partial charge in [0.25, 0.3) is 0 Å². The van der Waals surface area contributed by atoms with Crippen molar-refractivity contribution >= 4 is 41.4 Å². The van der Waals surface area contributed by atoms with Gasteiger partial charge in [0.1, 0.15) is 0 Å². The maximum atomic E-state index is 4.57. The van der Waals surface area contributed by atoms with Crippen molar-refractivity contribution in [2.75, 3.05) is 32.5 Å². The van der Waals surface area contributed by atoms with E-state index in [0.29, 0.717) is 0 Å². The summed E-state index contributed by atoms with van der Waals surface area (Å²) in [6, 6.07) is 8.52. The summed E-state index contributed by atoms with van der Waals surface area (Å²) in [5.74, 6) is 0. The Hall–Kier alpha value is -1.03. The quantitative estimate of drug-likeness (QED) is 0.933. The fraction of sp³-hybridized carbons (Fsp3) is 0.400. The largest absolute Gasteiger partial charge is 0.383 e. The van der Waals surface area contributed by atoms with Crippen LogP contribution in [0.3, 0.4) is 0 Å². The lowest BCUT2D eigenvalue weighted by Gasteiger charge is -2.14. The second kappa shape index (κ2) is 8.30. The zero-order chi connectivity index (χ0) is 13.1. The summed E-state index contributed by atoms with van der Waals surface area (Å²) in [6.07, 6.45) is 0. The van der Waals surface area contributed by atoms with Crippen molar-refractivity contribution in [2.24, 2.45) is 0 Å². The highest BCUT2D eigenvalue weighted by molar-refractivity contribution is 5.92. The number of halogens is 2. The summed E-state index contributed by atoms with van der Waals surface area (Å²) in [4.78, 5) is 6.75. The van der Waals surface area contributed by atoms with E-state index in [1.165, 1.54) is 16.6 Å². The van der Waals surface area contributed by atoms with E-state index < -0.39 is 0 Å². The van der Waals surface area contributed by atoms with E-state index in [0.717, 1.165) is 24.3 Å². The number of nitrogens with zero attached hydrogens (tertiary/aromatic N) is 2. The smallest absolute Gasteiger partial charge is 0.0726 e. The monoisotopic (exact) mass is 315 g/mol. The predicted molar refractivity (Wildman–Crippen MR) is 92.8 cm³/mol. The van der Waals surface area contributed by atoms with E-state index in [-0.39, 0.29) is 24.8 Å². The van der Waals surface area contributed by atoms with Crippen molar-refractivity contribution in [1.82, 2.24) is 9.88 Å². The Kier molecular flexibility index (Phi) is 7.87. The van der Waals surface area contributed by atoms with Crippen LogP contribution in [0.15, 0.2) is 24.3 Å². The van der Waals surface area contributed by atoms with Crippen LogP contribution in [0.25, 0.3) is 10.9 Å². The predicted octanol–water partition coefficient (Wildman–Crippen LogP) is 3.67. The van der Waals surface area contributed by atoms with Gasteiger partial charge in [-0.1, -0.05) is 11.6 Å². The number of aromatic nitrogens is 1. The Morgan fingerprint density at radius 1 is 1.10 bits per heavy atom. The van der Waals surface area contributed by atoms with Crippen molar-refractivity contribution in [3.8, 4) is 0 Å². The lowest BCUT2D eigenvalue weighted by molar-refractivity contribution is 0.425. The Balaban J connectivity index is 0.00000180. The number of rotatable bonds is 4. The van der Waals surface area contributed by atoms with Gasteiger partial charge in [0.15, 0.2) is 0 Å². The highest BCUT2D eigenvalue weighted by Crippen LogP contribution is 2.24. The second-order valence-corrected chi connectivity index (χ2v) is 5.06. The minimum absolute atomic E-state index is 0. The number of nitrogens with one attached hydrogen (secondary N) is 1. The van der Waals surface area contributed by atoms with Crippen LogP contribution in [0, 0.1) is 13.8 Å². The summed E-state index contributed by atoms with van der Waals surface area (Å²) < 4.78 is 0. The van der Waals surface area contributed by atoms with Crippen LogP contribution in [0.1, 0.15) is 11.3 Å². The molecule has 1 heterocycles. The van der Waals surface area contributed by atoms with Gasteiger partial charge >= 0.3 is 0 Å². The van der Waals surface area contributed by atoms with Crippen molar-refractivity contribution in [3.63, 3.8) is 0 Å². The zero-order valence-electron chi connectivity index (χ0n) is 12.4. The third-order valence-electron chi connectivity index (χ3n) is 2.97. The third-order valence-corrected chi connectivity index (χ3v) is 2.97. The van der Waals surface area contributed by atoms with Gasteiger partial charge in [0.2, 0.25) is 0 Å². The molecule has 3 nitrogen and oxygen atoms in total. The summed E-state index contributed by atoms with van der Waals surface area (Å²) in [6.45, 7) is 6.12. The first-order valence-corrected chi connectivity index (χ1v) is 6.33. The van der Waals surface area contributed by atoms with E-state index >= 15 is 0 Å². The van der Waals surface area contributed by atoms with Gasteiger partial charge in [-0.3, -0.25) is 4.98 Å². The number of hydrogen-bond donors (Lipinski definition) is 1. The highest BCUT2D eigenvalue weighted by Gasteiger charge is 2.04. The molecule has 0 aliphatic heterocycles. The molecule has 0 bridgehead atoms. The molecular weight excluding hydrogens is 293 g/mol. The van der Waals surface area contributed by atoms with E-state index in [1.54, 1.807) is 0 Å². The Labute approximate surface area is 133 Å². The Bertz CT molecular complexity index is 556. The highest BCUT2D eigenvalue weighted by atomic mass is 35.5. The van der Waals surface area contributed by atoms with Crippen LogP contribution >= 0.6 is 24.8 Å². The number of benzene rings is 1. The van der Waals surface area contributed by atoms with Crippen molar-refractivity contribution < 1.29 is 0 Å². The first-order valence-electron chi connectivity index (χ1n) is 6.33. The summed E-state index contributed by atoms with van der Waals surface area (Å²) in [5.41, 5.74) is 4.57. The lowest BCUT2D eigenvalue weighted by Crippen LogP contribution is -2.20. The van der Waals surface area contributed by atoms with Gasteiger partial charge in [0.05, 0.1) is 5.52 Å². The molecule has 0 spiro atoms. The molecule has 1 aromatic carbocycles. The van der Waals surface area contributed by atoms with E-state index in [1.807, 2.05) is 6.92 Å². The number of hydrogen-bond acceptors (Lipinski definition) is 3. The number of anilines is 1. The SMILES string of the molecule is Cc1ccc2nc(C)cc(NCCN(C)C)c2c1.Cl.Cl. The van der Waals surface area contributed by atoms with Crippen LogP contribution in [0.2, 0.25) is 0 Å². The molecule has 2 rings (SSSR count). The Morgan fingerprint density at radius 2 is 1.80 bits per heavy atom. The zero-order valence-corrected chi connectivity index (χ0v) is 14.1. The first-order chi connectivity index (χ1) is 8.56. The van der Waals surface area contributed by atoms with Crippen LogP contribution in [0.4, 0.5) is 5.69 Å². The van der Waals surface area contributed by atoms with Gasteiger partial charge in [-0.25, -0.2) is 0 Å². The molecule has 0 saturated heterocycles. The number of likely N-dealkylation sites (N-methyl/N-ethyl adjacent to an activating group) is 1. The molecule has 0 amide bonds. The van der Waals surface area contributed by atoms with Crippen LogP contribution in [-0.4, -0.2) is 37.1 Å². The molecule has 1 aromatic heterocycles.